The largest absolute Gasteiger partial charge is 0.465 e. The molecule has 1 aliphatic heterocycles. The van der Waals surface area contributed by atoms with E-state index in [1.54, 1.807) is 13.1 Å². The van der Waals surface area contributed by atoms with E-state index in [-0.39, 0.29) is 24.2 Å². The maximum absolute atomic E-state index is 12.0. The number of aromatic nitrogens is 4. The maximum atomic E-state index is 12.0. The van der Waals surface area contributed by atoms with Gasteiger partial charge in [0.2, 0.25) is 0 Å². The Labute approximate surface area is 172 Å². The number of aliphatic hydroxyl groups is 1. The number of anilines is 3. The van der Waals surface area contributed by atoms with Crippen LogP contribution in [0, 0.1) is 0 Å². The first-order valence-corrected chi connectivity index (χ1v) is 9.31. The Morgan fingerprint density at radius 1 is 1.33 bits per heavy atom. The van der Waals surface area contributed by atoms with E-state index in [0.29, 0.717) is 48.8 Å². The van der Waals surface area contributed by atoms with Crippen LogP contribution >= 0.6 is 0 Å². The van der Waals surface area contributed by atoms with Gasteiger partial charge in [0.1, 0.15) is 5.69 Å². The fourth-order valence-corrected chi connectivity index (χ4v) is 3.13. The van der Waals surface area contributed by atoms with Crippen molar-refractivity contribution in [2.45, 2.75) is 25.9 Å². The predicted molar refractivity (Wildman–Crippen MR) is 109 cm³/mol. The Morgan fingerprint density at radius 3 is 2.70 bits per heavy atom. The van der Waals surface area contributed by atoms with Crippen molar-refractivity contribution in [2.75, 3.05) is 30.3 Å². The van der Waals surface area contributed by atoms with Crippen LogP contribution in [0.4, 0.5) is 22.1 Å². The van der Waals surface area contributed by atoms with Crippen LogP contribution in [0.3, 0.4) is 0 Å². The number of carbonyl (C=O) groups excluding carboxylic acids is 1. The zero-order valence-corrected chi connectivity index (χ0v) is 16.5. The van der Waals surface area contributed by atoms with E-state index >= 15 is 0 Å². The zero-order chi connectivity index (χ0) is 21.8. The Hall–Kier alpha value is -3.67. The molecule has 1 atom stereocenters. The lowest BCUT2D eigenvalue weighted by Crippen LogP contribution is -2.30. The van der Waals surface area contributed by atoms with E-state index in [2.05, 4.69) is 32.3 Å². The average Bonchev–Trinajstić information content (AvgIpc) is 3.31. The average molecular weight is 416 g/mol. The predicted octanol–water partition coefficient (Wildman–Crippen LogP) is 0.705. The summed E-state index contributed by atoms with van der Waals surface area (Å²) in [5.74, 6) is -0.263. The Morgan fingerprint density at radius 2 is 2.10 bits per heavy atom. The number of rotatable bonds is 8. The molecule has 30 heavy (non-hydrogen) atoms. The summed E-state index contributed by atoms with van der Waals surface area (Å²) in [5.41, 5.74) is 6.92. The Bertz CT molecular complexity index is 973. The molecule has 1 fully saturated rings. The number of nitrogens with one attached hydrogen (secondary N) is 2. The fraction of sp³-hybridized carbons (Fsp3) is 0.389. The number of hydrogen-bond donors (Lipinski definition) is 5. The molecule has 3 rings (SSSR count). The first-order chi connectivity index (χ1) is 14.3. The number of nitrogens with two attached hydrogens (primary N) is 1. The number of amides is 2. The number of hydrogen-bond acceptors (Lipinski definition) is 8. The van der Waals surface area contributed by atoms with Crippen LogP contribution in [-0.4, -0.2) is 72.6 Å². The molecule has 1 aliphatic rings. The molecule has 0 bridgehead atoms. The SMILES string of the molecule is C=C(C)c1nc(C(N)=O)c(Nc2cnn(CCO)c2)nc1N[C@@H]1CCN(C(=O)O)C1. The summed E-state index contributed by atoms with van der Waals surface area (Å²) in [6, 6.07) is -0.159. The van der Waals surface area contributed by atoms with E-state index in [4.69, 9.17) is 15.9 Å². The second kappa shape index (κ2) is 8.78. The monoisotopic (exact) mass is 416 g/mol. The highest BCUT2D eigenvalue weighted by molar-refractivity contribution is 5.97. The lowest BCUT2D eigenvalue weighted by Gasteiger charge is -2.18. The summed E-state index contributed by atoms with van der Waals surface area (Å²) in [4.78, 5) is 33.3. The van der Waals surface area contributed by atoms with Gasteiger partial charge < -0.3 is 31.5 Å². The number of aliphatic hydroxyl groups excluding tert-OH is 1. The van der Waals surface area contributed by atoms with E-state index in [1.165, 1.54) is 15.8 Å². The molecule has 12 heteroatoms. The number of carbonyl (C=O) groups is 2. The molecule has 0 radical (unpaired) electrons. The number of likely N-dealkylation sites (tertiary alicyclic amines) is 1. The molecule has 1 saturated heterocycles. The molecular weight excluding hydrogens is 392 g/mol. The van der Waals surface area contributed by atoms with Crippen molar-refractivity contribution in [3.05, 3.63) is 30.4 Å². The molecule has 0 saturated carbocycles. The lowest BCUT2D eigenvalue weighted by molar-refractivity contribution is 0.0996. The molecule has 6 N–H and O–H groups in total. The van der Waals surface area contributed by atoms with Gasteiger partial charge in [-0.25, -0.2) is 14.8 Å². The van der Waals surface area contributed by atoms with Gasteiger partial charge in [-0.1, -0.05) is 6.58 Å². The molecule has 12 nitrogen and oxygen atoms in total. The van der Waals surface area contributed by atoms with Crippen molar-refractivity contribution >= 4 is 34.9 Å². The van der Waals surface area contributed by atoms with Crippen LogP contribution in [0.25, 0.3) is 5.57 Å². The molecule has 0 unspecified atom stereocenters. The van der Waals surface area contributed by atoms with Gasteiger partial charge in [0, 0.05) is 25.3 Å². The quantitative estimate of drug-likeness (QED) is 0.415. The van der Waals surface area contributed by atoms with Gasteiger partial charge in [-0.3, -0.25) is 9.48 Å². The highest BCUT2D eigenvalue weighted by Gasteiger charge is 2.28. The zero-order valence-electron chi connectivity index (χ0n) is 16.5. The highest BCUT2D eigenvalue weighted by Crippen LogP contribution is 2.27. The number of nitrogens with zero attached hydrogens (tertiary/aromatic N) is 5. The second-order valence-electron chi connectivity index (χ2n) is 6.96. The number of allylic oxidation sites excluding steroid dienone is 1. The van der Waals surface area contributed by atoms with Crippen LogP contribution in [-0.2, 0) is 6.54 Å². The lowest BCUT2D eigenvalue weighted by atomic mass is 10.2. The fourth-order valence-electron chi connectivity index (χ4n) is 3.13. The molecule has 0 aliphatic carbocycles. The third-order valence-corrected chi connectivity index (χ3v) is 4.56. The highest BCUT2D eigenvalue weighted by atomic mass is 16.4. The first-order valence-electron chi connectivity index (χ1n) is 9.31. The van der Waals surface area contributed by atoms with Gasteiger partial charge in [0.25, 0.3) is 5.91 Å². The molecule has 2 aromatic heterocycles. The maximum Gasteiger partial charge on any atom is 0.407 e. The van der Waals surface area contributed by atoms with Crippen molar-refractivity contribution in [3.8, 4) is 0 Å². The molecule has 3 heterocycles. The topological polar surface area (TPSA) is 172 Å². The smallest absolute Gasteiger partial charge is 0.407 e. The molecule has 160 valence electrons. The van der Waals surface area contributed by atoms with Crippen LogP contribution in [0.1, 0.15) is 29.5 Å². The third kappa shape index (κ3) is 4.66. The van der Waals surface area contributed by atoms with Crippen LogP contribution < -0.4 is 16.4 Å². The molecule has 2 aromatic rings. The van der Waals surface area contributed by atoms with Crippen molar-refractivity contribution in [3.63, 3.8) is 0 Å². The minimum absolute atomic E-state index is 0.0629. The summed E-state index contributed by atoms with van der Waals surface area (Å²) in [7, 11) is 0. The molecular formula is C18H24N8O4. The minimum atomic E-state index is -0.975. The standard InChI is InChI=1S/C18H24N8O4/c1-10(2)13-16(21-11-3-4-25(8-11)18(29)30)24-17(14(23-13)15(19)28)22-12-7-20-26(9-12)5-6-27/h7,9,11,27H,1,3-6,8H2,2H3,(H2,19,28)(H,29,30)(H2,21,22,24)/t11-/m1/s1. The van der Waals surface area contributed by atoms with Gasteiger partial charge in [0.15, 0.2) is 17.3 Å². The van der Waals surface area contributed by atoms with Crippen molar-refractivity contribution < 1.29 is 19.8 Å². The van der Waals surface area contributed by atoms with E-state index in [1.807, 2.05) is 0 Å². The number of carboxylic acid groups (broad SMARTS) is 1. The van der Waals surface area contributed by atoms with Crippen molar-refractivity contribution in [1.82, 2.24) is 24.6 Å². The van der Waals surface area contributed by atoms with Crippen molar-refractivity contribution in [2.24, 2.45) is 5.73 Å². The van der Waals surface area contributed by atoms with Crippen molar-refractivity contribution in [1.29, 1.82) is 0 Å². The van der Waals surface area contributed by atoms with E-state index in [0.717, 1.165) is 0 Å². The van der Waals surface area contributed by atoms with Gasteiger partial charge in [0.05, 0.1) is 25.0 Å². The van der Waals surface area contributed by atoms with Crippen LogP contribution in [0.2, 0.25) is 0 Å². The summed E-state index contributed by atoms with van der Waals surface area (Å²) in [5, 5.41) is 28.5. The Kier molecular flexibility index (Phi) is 6.16. The van der Waals surface area contributed by atoms with E-state index in [9.17, 15) is 9.59 Å². The third-order valence-electron chi connectivity index (χ3n) is 4.56. The summed E-state index contributed by atoms with van der Waals surface area (Å²) >= 11 is 0. The van der Waals surface area contributed by atoms with Gasteiger partial charge >= 0.3 is 6.09 Å². The van der Waals surface area contributed by atoms with Gasteiger partial charge in [-0.2, -0.15) is 5.10 Å². The summed E-state index contributed by atoms with van der Waals surface area (Å²) in [6.07, 6.45) is 2.79. The second-order valence-corrected chi connectivity index (χ2v) is 6.96. The Balaban J connectivity index is 1.92. The van der Waals surface area contributed by atoms with Crippen LogP contribution in [0.15, 0.2) is 19.0 Å². The normalized spacial score (nSPS) is 15.8. The molecule has 0 spiro atoms. The van der Waals surface area contributed by atoms with Gasteiger partial charge in [-0.05, 0) is 18.9 Å². The summed E-state index contributed by atoms with van der Waals surface area (Å²) < 4.78 is 1.53. The first kappa shape index (κ1) is 21.0. The number of primary amides is 1. The van der Waals surface area contributed by atoms with Gasteiger partial charge in [-0.15, -0.1) is 0 Å². The minimum Gasteiger partial charge on any atom is -0.465 e. The molecule has 2 amide bonds. The summed E-state index contributed by atoms with van der Waals surface area (Å²) in [6.45, 7) is 6.58. The van der Waals surface area contributed by atoms with E-state index < -0.39 is 12.0 Å². The van der Waals surface area contributed by atoms with Crippen LogP contribution in [0.5, 0.6) is 0 Å². The molecule has 0 aromatic carbocycles.